The Labute approximate surface area is 146 Å². The quantitative estimate of drug-likeness (QED) is 0.881. The highest BCUT2D eigenvalue weighted by Gasteiger charge is 2.26. The molecule has 0 amide bonds. The zero-order chi connectivity index (χ0) is 17.2. The van der Waals surface area contributed by atoms with Crippen molar-refractivity contribution in [3.8, 4) is 11.5 Å². The summed E-state index contributed by atoms with van der Waals surface area (Å²) >= 11 is 1.75. The minimum Gasteiger partial charge on any atom is -0.493 e. The number of sulfonamides is 1. The predicted molar refractivity (Wildman–Crippen MR) is 94.4 cm³/mol. The molecule has 5 nitrogen and oxygen atoms in total. The van der Waals surface area contributed by atoms with Crippen molar-refractivity contribution in [2.24, 2.45) is 0 Å². The van der Waals surface area contributed by atoms with Crippen LogP contribution in [-0.4, -0.2) is 28.4 Å². The van der Waals surface area contributed by atoms with E-state index in [4.69, 9.17) is 9.47 Å². The molecule has 2 aromatic carbocycles. The molecule has 0 fully saturated rings. The third-order valence-corrected chi connectivity index (χ3v) is 6.51. The maximum Gasteiger partial charge on any atom is 0.241 e. The van der Waals surface area contributed by atoms with Crippen molar-refractivity contribution >= 4 is 21.8 Å². The van der Waals surface area contributed by atoms with Crippen LogP contribution in [0.2, 0.25) is 0 Å². The Bertz CT molecular complexity index is 836. The van der Waals surface area contributed by atoms with Gasteiger partial charge >= 0.3 is 0 Å². The lowest BCUT2D eigenvalue weighted by Crippen LogP contribution is -2.30. The number of benzene rings is 2. The maximum atomic E-state index is 12.8. The monoisotopic (exact) mass is 365 g/mol. The number of hydrogen-bond donors (Lipinski definition) is 1. The van der Waals surface area contributed by atoms with Crippen molar-refractivity contribution in [1.82, 2.24) is 4.72 Å². The lowest BCUT2D eigenvalue weighted by Gasteiger charge is -2.25. The molecule has 1 N–H and O–H groups in total. The van der Waals surface area contributed by atoms with Crippen LogP contribution in [0.25, 0.3) is 0 Å². The second-order valence-corrected chi connectivity index (χ2v) is 8.22. The first-order chi connectivity index (χ1) is 11.5. The predicted octanol–water partition coefficient (Wildman–Crippen LogP) is 3.22. The van der Waals surface area contributed by atoms with E-state index in [1.807, 2.05) is 24.3 Å². The average Bonchev–Trinajstić information content (AvgIpc) is 2.61. The maximum absolute atomic E-state index is 12.8. The molecule has 24 heavy (non-hydrogen) atoms. The van der Waals surface area contributed by atoms with Gasteiger partial charge in [0.15, 0.2) is 11.5 Å². The molecule has 0 saturated carbocycles. The van der Waals surface area contributed by atoms with Crippen LogP contribution in [0.4, 0.5) is 0 Å². The number of methoxy groups -OCH3 is 2. The summed E-state index contributed by atoms with van der Waals surface area (Å²) in [5.41, 5.74) is 1.03. The minimum absolute atomic E-state index is 0.163. The van der Waals surface area contributed by atoms with Gasteiger partial charge in [0.25, 0.3) is 0 Å². The van der Waals surface area contributed by atoms with Gasteiger partial charge < -0.3 is 9.47 Å². The standard InChI is InChI=1S/C17H19NO4S2/c1-21-15-8-7-12(11-16(15)22-2)24(19,20)18-14-9-10-23-17-6-4-3-5-13(14)17/h3-8,11,14,18H,9-10H2,1-2H3/t14-/m0/s1. The highest BCUT2D eigenvalue weighted by atomic mass is 32.2. The first-order valence-corrected chi connectivity index (χ1v) is 9.98. The number of hydrogen-bond acceptors (Lipinski definition) is 5. The largest absolute Gasteiger partial charge is 0.493 e. The Morgan fingerprint density at radius 3 is 2.58 bits per heavy atom. The average molecular weight is 365 g/mol. The lowest BCUT2D eigenvalue weighted by molar-refractivity contribution is 0.354. The number of rotatable bonds is 5. The van der Waals surface area contributed by atoms with Crippen molar-refractivity contribution in [2.75, 3.05) is 20.0 Å². The van der Waals surface area contributed by atoms with Gasteiger partial charge in [-0.15, -0.1) is 11.8 Å². The summed E-state index contributed by atoms with van der Waals surface area (Å²) in [6.45, 7) is 0. The third-order valence-electron chi connectivity index (χ3n) is 3.92. The summed E-state index contributed by atoms with van der Waals surface area (Å²) in [5, 5.41) is 0. The van der Waals surface area contributed by atoms with E-state index < -0.39 is 10.0 Å². The van der Waals surface area contributed by atoms with Gasteiger partial charge in [-0.3, -0.25) is 0 Å². The van der Waals surface area contributed by atoms with Crippen molar-refractivity contribution in [3.63, 3.8) is 0 Å². The second-order valence-electron chi connectivity index (χ2n) is 5.37. The highest BCUT2D eigenvalue weighted by Crippen LogP contribution is 2.37. The molecule has 0 bridgehead atoms. The topological polar surface area (TPSA) is 64.6 Å². The van der Waals surface area contributed by atoms with Gasteiger partial charge in [0.1, 0.15) is 0 Å². The summed E-state index contributed by atoms with van der Waals surface area (Å²) in [6.07, 6.45) is 0.758. The van der Waals surface area contributed by atoms with E-state index in [1.54, 1.807) is 17.8 Å². The van der Waals surface area contributed by atoms with Gasteiger partial charge in [-0.05, 0) is 35.9 Å². The minimum atomic E-state index is -3.66. The van der Waals surface area contributed by atoms with Crippen LogP contribution in [0.1, 0.15) is 18.0 Å². The summed E-state index contributed by atoms with van der Waals surface area (Å²) in [6, 6.07) is 12.3. The van der Waals surface area contributed by atoms with Crippen LogP contribution in [0.5, 0.6) is 11.5 Å². The fourth-order valence-electron chi connectivity index (χ4n) is 2.70. The molecule has 0 unspecified atom stereocenters. The van der Waals surface area contributed by atoms with Gasteiger partial charge in [-0.25, -0.2) is 13.1 Å². The van der Waals surface area contributed by atoms with E-state index in [1.165, 1.54) is 26.4 Å². The first kappa shape index (κ1) is 17.1. The Hall–Kier alpha value is -1.70. The van der Waals surface area contributed by atoms with Crippen molar-refractivity contribution < 1.29 is 17.9 Å². The normalized spacial score (nSPS) is 17.2. The molecule has 0 aliphatic carbocycles. The molecule has 0 saturated heterocycles. The molecule has 3 rings (SSSR count). The van der Waals surface area contributed by atoms with Crippen LogP contribution in [0, 0.1) is 0 Å². The molecule has 0 radical (unpaired) electrons. The molecule has 2 aromatic rings. The Morgan fingerprint density at radius 2 is 1.83 bits per heavy atom. The Morgan fingerprint density at radius 1 is 1.08 bits per heavy atom. The molecule has 1 aliphatic rings. The number of thioether (sulfide) groups is 1. The Balaban J connectivity index is 1.90. The second kappa shape index (κ2) is 7.04. The van der Waals surface area contributed by atoms with E-state index in [2.05, 4.69) is 4.72 Å². The van der Waals surface area contributed by atoms with Crippen LogP contribution in [0.3, 0.4) is 0 Å². The molecule has 1 heterocycles. The summed E-state index contributed by atoms with van der Waals surface area (Å²) in [5.74, 6) is 1.77. The van der Waals surface area contributed by atoms with E-state index >= 15 is 0 Å². The van der Waals surface area contributed by atoms with Gasteiger partial charge in [0, 0.05) is 17.0 Å². The molecule has 1 aliphatic heterocycles. The summed E-state index contributed by atoms with van der Waals surface area (Å²) in [4.78, 5) is 1.29. The highest BCUT2D eigenvalue weighted by molar-refractivity contribution is 7.99. The van der Waals surface area contributed by atoms with E-state index in [9.17, 15) is 8.42 Å². The molecule has 1 atom stereocenters. The van der Waals surface area contributed by atoms with Crippen LogP contribution in [0.15, 0.2) is 52.3 Å². The van der Waals surface area contributed by atoms with E-state index in [0.29, 0.717) is 11.5 Å². The first-order valence-electron chi connectivity index (χ1n) is 7.51. The Kier molecular flexibility index (Phi) is 5.03. The zero-order valence-corrected chi connectivity index (χ0v) is 15.1. The summed E-state index contributed by atoms with van der Waals surface area (Å²) < 4.78 is 38.7. The van der Waals surface area contributed by atoms with Gasteiger partial charge in [0.2, 0.25) is 10.0 Å². The molecule has 0 spiro atoms. The third kappa shape index (κ3) is 3.38. The van der Waals surface area contributed by atoms with Crippen molar-refractivity contribution in [3.05, 3.63) is 48.0 Å². The fraction of sp³-hybridized carbons (Fsp3) is 0.294. The molecule has 128 valence electrons. The van der Waals surface area contributed by atoms with Gasteiger partial charge in [-0.2, -0.15) is 0 Å². The van der Waals surface area contributed by atoms with Crippen LogP contribution in [-0.2, 0) is 10.0 Å². The molecule has 0 aromatic heterocycles. The van der Waals surface area contributed by atoms with Crippen LogP contribution < -0.4 is 14.2 Å². The fourth-order valence-corrected chi connectivity index (χ4v) is 5.09. The zero-order valence-electron chi connectivity index (χ0n) is 13.5. The van der Waals surface area contributed by atoms with Gasteiger partial charge in [-0.1, -0.05) is 18.2 Å². The SMILES string of the molecule is COc1ccc(S(=O)(=O)N[C@H]2CCSc3ccccc32)cc1OC. The van der Waals surface area contributed by atoms with Gasteiger partial charge in [0.05, 0.1) is 19.1 Å². The number of ether oxygens (including phenoxy) is 2. The van der Waals surface area contributed by atoms with E-state index in [-0.39, 0.29) is 10.9 Å². The van der Waals surface area contributed by atoms with Crippen molar-refractivity contribution in [2.45, 2.75) is 22.3 Å². The van der Waals surface area contributed by atoms with Crippen molar-refractivity contribution in [1.29, 1.82) is 0 Å². The molecular formula is C17H19NO4S2. The number of fused-ring (bicyclic) bond motifs is 1. The number of nitrogens with one attached hydrogen (secondary N) is 1. The summed E-state index contributed by atoms with van der Waals surface area (Å²) in [7, 11) is -0.658. The molecule has 7 heteroatoms. The smallest absolute Gasteiger partial charge is 0.241 e. The van der Waals surface area contributed by atoms with E-state index in [0.717, 1.165) is 22.6 Å². The lowest BCUT2D eigenvalue weighted by atomic mass is 10.1. The molecular weight excluding hydrogens is 346 g/mol. The van der Waals surface area contributed by atoms with Crippen LogP contribution >= 0.6 is 11.8 Å².